The van der Waals surface area contributed by atoms with Gasteiger partial charge in [-0.3, -0.25) is 5.01 Å². The first-order chi connectivity index (χ1) is 5.75. The molecule has 64 valence electrons. The number of hydrazine groups is 1. The Hall–Kier alpha value is -1.55. The highest BCUT2D eigenvalue weighted by Crippen LogP contribution is 2.08. The van der Waals surface area contributed by atoms with E-state index in [9.17, 15) is 0 Å². The molecule has 0 aliphatic rings. The Morgan fingerprint density at radius 2 is 1.92 bits per heavy atom. The van der Waals surface area contributed by atoms with Crippen LogP contribution in [0.3, 0.4) is 0 Å². The Balaban J connectivity index is 2.86. The summed E-state index contributed by atoms with van der Waals surface area (Å²) in [7, 11) is 0. The highest BCUT2D eigenvalue weighted by Gasteiger charge is 2.01. The zero-order valence-electron chi connectivity index (χ0n) is 6.94. The van der Waals surface area contributed by atoms with Crippen LogP contribution >= 0.6 is 0 Å². The summed E-state index contributed by atoms with van der Waals surface area (Å²) in [5.74, 6) is 11.3. The average molecular weight is 164 g/mol. The molecule has 0 amide bonds. The molecular weight excluding hydrogens is 152 g/mol. The van der Waals surface area contributed by atoms with E-state index in [4.69, 9.17) is 11.7 Å². The van der Waals surface area contributed by atoms with Crippen LogP contribution in [0.1, 0.15) is 6.92 Å². The summed E-state index contributed by atoms with van der Waals surface area (Å²) in [6, 6.07) is 9.49. The molecule has 0 unspecified atom stereocenters. The van der Waals surface area contributed by atoms with Gasteiger partial charge in [-0.2, -0.15) is 5.10 Å². The second-order valence-electron chi connectivity index (χ2n) is 2.38. The van der Waals surface area contributed by atoms with E-state index >= 15 is 0 Å². The second-order valence-corrected chi connectivity index (χ2v) is 2.38. The lowest BCUT2D eigenvalue weighted by Crippen LogP contribution is -2.36. The normalized spacial score (nSPS) is 11.3. The molecule has 0 aromatic heterocycles. The fraction of sp³-hybridized carbons (Fsp3) is 0.125. The van der Waals surface area contributed by atoms with Crippen LogP contribution in [0, 0.1) is 0 Å². The number of amidine groups is 1. The molecule has 0 aliphatic heterocycles. The number of rotatable bonds is 1. The van der Waals surface area contributed by atoms with Crippen LogP contribution in [0.2, 0.25) is 0 Å². The predicted molar refractivity (Wildman–Crippen MR) is 50.4 cm³/mol. The van der Waals surface area contributed by atoms with Crippen molar-refractivity contribution in [3.63, 3.8) is 0 Å². The van der Waals surface area contributed by atoms with Crippen LogP contribution in [0.15, 0.2) is 35.4 Å². The van der Waals surface area contributed by atoms with Crippen molar-refractivity contribution in [3.05, 3.63) is 30.3 Å². The number of para-hydroxylation sites is 1. The SMILES string of the molecule is C/C(=N/N)N(N)c1ccccc1. The molecule has 0 heterocycles. The van der Waals surface area contributed by atoms with Gasteiger partial charge >= 0.3 is 0 Å². The summed E-state index contributed by atoms with van der Waals surface area (Å²) >= 11 is 0. The standard InChI is InChI=1S/C8H12N4/c1-7(11-9)12(10)8-5-3-2-4-6-8/h2-6H,9-10H2,1H3/b11-7-. The van der Waals surface area contributed by atoms with Crippen LogP contribution in [0.5, 0.6) is 0 Å². The van der Waals surface area contributed by atoms with Gasteiger partial charge in [0.1, 0.15) is 5.84 Å². The van der Waals surface area contributed by atoms with Crippen molar-refractivity contribution in [2.45, 2.75) is 6.92 Å². The van der Waals surface area contributed by atoms with E-state index in [-0.39, 0.29) is 0 Å². The quantitative estimate of drug-likeness (QED) is 0.277. The first kappa shape index (κ1) is 8.55. The molecule has 0 fully saturated rings. The number of hydrogen-bond donors (Lipinski definition) is 2. The first-order valence-electron chi connectivity index (χ1n) is 3.60. The van der Waals surface area contributed by atoms with Crippen molar-refractivity contribution >= 4 is 11.5 Å². The van der Waals surface area contributed by atoms with Crippen molar-refractivity contribution in [1.82, 2.24) is 0 Å². The fourth-order valence-electron chi connectivity index (χ4n) is 0.838. The summed E-state index contributed by atoms with van der Waals surface area (Å²) in [6.07, 6.45) is 0. The summed E-state index contributed by atoms with van der Waals surface area (Å²) in [4.78, 5) is 0. The van der Waals surface area contributed by atoms with E-state index < -0.39 is 0 Å². The third-order valence-electron chi connectivity index (χ3n) is 1.57. The van der Waals surface area contributed by atoms with Gasteiger partial charge in [0.15, 0.2) is 0 Å². The summed E-state index contributed by atoms with van der Waals surface area (Å²) < 4.78 is 0. The van der Waals surface area contributed by atoms with Gasteiger partial charge in [-0.15, -0.1) is 0 Å². The van der Waals surface area contributed by atoms with E-state index in [0.717, 1.165) is 5.69 Å². The molecule has 0 spiro atoms. The Morgan fingerprint density at radius 3 is 2.42 bits per heavy atom. The first-order valence-corrected chi connectivity index (χ1v) is 3.60. The van der Waals surface area contributed by atoms with Gasteiger partial charge in [0.25, 0.3) is 0 Å². The zero-order chi connectivity index (χ0) is 8.97. The number of benzene rings is 1. The molecule has 1 rings (SSSR count). The highest BCUT2D eigenvalue weighted by molar-refractivity contribution is 5.94. The third kappa shape index (κ3) is 1.73. The van der Waals surface area contributed by atoms with Crippen molar-refractivity contribution in [2.75, 3.05) is 5.01 Å². The molecule has 0 radical (unpaired) electrons. The zero-order valence-corrected chi connectivity index (χ0v) is 6.94. The lowest BCUT2D eigenvalue weighted by atomic mass is 10.3. The number of hydrogen-bond acceptors (Lipinski definition) is 3. The number of nitrogens with zero attached hydrogens (tertiary/aromatic N) is 2. The van der Waals surface area contributed by atoms with Gasteiger partial charge in [0, 0.05) is 0 Å². The molecule has 4 N–H and O–H groups in total. The van der Waals surface area contributed by atoms with E-state index in [1.165, 1.54) is 5.01 Å². The maximum absolute atomic E-state index is 5.67. The van der Waals surface area contributed by atoms with Crippen molar-refractivity contribution in [3.8, 4) is 0 Å². The van der Waals surface area contributed by atoms with Crippen LogP contribution in [-0.4, -0.2) is 5.84 Å². The summed E-state index contributed by atoms with van der Waals surface area (Å²) in [6.45, 7) is 1.74. The molecule has 0 saturated heterocycles. The number of nitrogens with two attached hydrogens (primary N) is 2. The highest BCUT2D eigenvalue weighted by atomic mass is 15.4. The molecule has 12 heavy (non-hydrogen) atoms. The molecule has 1 aromatic rings. The molecule has 1 aromatic carbocycles. The largest absolute Gasteiger partial charge is 0.322 e. The molecule has 4 nitrogen and oxygen atoms in total. The van der Waals surface area contributed by atoms with Gasteiger partial charge < -0.3 is 5.84 Å². The third-order valence-corrected chi connectivity index (χ3v) is 1.57. The second kappa shape index (κ2) is 3.73. The van der Waals surface area contributed by atoms with E-state index in [2.05, 4.69) is 5.10 Å². The minimum Gasteiger partial charge on any atom is -0.322 e. The lowest BCUT2D eigenvalue weighted by Gasteiger charge is -2.16. The van der Waals surface area contributed by atoms with Gasteiger partial charge in [-0.05, 0) is 19.1 Å². The van der Waals surface area contributed by atoms with Gasteiger partial charge in [0.2, 0.25) is 0 Å². The van der Waals surface area contributed by atoms with Crippen molar-refractivity contribution in [2.24, 2.45) is 16.8 Å². The minimum atomic E-state index is 0.571. The van der Waals surface area contributed by atoms with Gasteiger partial charge in [0.05, 0.1) is 5.69 Å². The molecule has 0 atom stereocenters. The summed E-state index contributed by atoms with van der Waals surface area (Å²) in [5.41, 5.74) is 0.865. The van der Waals surface area contributed by atoms with Gasteiger partial charge in [-0.25, -0.2) is 5.84 Å². The lowest BCUT2D eigenvalue weighted by molar-refractivity contribution is 1.08. The Morgan fingerprint density at radius 1 is 1.33 bits per heavy atom. The van der Waals surface area contributed by atoms with Crippen molar-refractivity contribution in [1.29, 1.82) is 0 Å². The molecule has 4 heteroatoms. The monoisotopic (exact) mass is 164 g/mol. The maximum Gasteiger partial charge on any atom is 0.140 e. The van der Waals surface area contributed by atoms with Crippen LogP contribution in [0.4, 0.5) is 5.69 Å². The van der Waals surface area contributed by atoms with Crippen LogP contribution in [-0.2, 0) is 0 Å². The topological polar surface area (TPSA) is 67.6 Å². The summed E-state index contributed by atoms with van der Waals surface area (Å²) in [5, 5.41) is 4.91. The van der Waals surface area contributed by atoms with Gasteiger partial charge in [-0.1, -0.05) is 18.2 Å². The Labute approximate surface area is 71.4 Å². The Kier molecular flexibility index (Phi) is 2.66. The number of hydrazone groups is 1. The van der Waals surface area contributed by atoms with Crippen LogP contribution in [0.25, 0.3) is 0 Å². The predicted octanol–water partition coefficient (Wildman–Crippen LogP) is 0.659. The smallest absolute Gasteiger partial charge is 0.140 e. The molecular formula is C8H12N4. The van der Waals surface area contributed by atoms with Crippen molar-refractivity contribution < 1.29 is 0 Å². The average Bonchev–Trinajstić information content (AvgIpc) is 2.17. The molecule has 0 bridgehead atoms. The molecule has 0 saturated carbocycles. The molecule has 0 aliphatic carbocycles. The van der Waals surface area contributed by atoms with E-state index in [0.29, 0.717) is 5.84 Å². The van der Waals surface area contributed by atoms with Crippen LogP contribution < -0.4 is 16.7 Å². The van der Waals surface area contributed by atoms with E-state index in [1.807, 2.05) is 30.3 Å². The minimum absolute atomic E-state index is 0.571. The van der Waals surface area contributed by atoms with E-state index in [1.54, 1.807) is 6.92 Å². The maximum atomic E-state index is 5.67. The number of anilines is 1. The Bertz CT molecular complexity index is 268. The fourth-order valence-corrected chi connectivity index (χ4v) is 0.838.